The molecular formula is C28H28ClN3O7S. The predicted molar refractivity (Wildman–Crippen MR) is 154 cm³/mol. The highest BCUT2D eigenvalue weighted by molar-refractivity contribution is 7.16. The van der Waals surface area contributed by atoms with Gasteiger partial charge in [0.05, 0.1) is 37.5 Å². The molecule has 0 saturated heterocycles. The summed E-state index contributed by atoms with van der Waals surface area (Å²) in [6.07, 6.45) is 0. The normalized spacial score (nSPS) is 10.8. The standard InChI is InChI=1S/C28H28ClN3O7S/c1-5-36-20-13-16(14-21(37-6-2)24(20)38-7-3)25(33)30-26-22-19(15-40-26)23(28(35)39-8-4)31-32(27(22)34)18-11-9-17(29)10-12-18/h9-15H,5-8H2,1-4H3,(H,30,33). The summed E-state index contributed by atoms with van der Waals surface area (Å²) in [6, 6.07) is 9.53. The average Bonchev–Trinajstić information content (AvgIpc) is 3.35. The van der Waals surface area contributed by atoms with Gasteiger partial charge in [-0.3, -0.25) is 9.59 Å². The van der Waals surface area contributed by atoms with E-state index < -0.39 is 17.4 Å². The molecule has 40 heavy (non-hydrogen) atoms. The van der Waals surface area contributed by atoms with E-state index >= 15 is 0 Å². The van der Waals surface area contributed by atoms with E-state index in [-0.39, 0.29) is 33.6 Å². The van der Waals surface area contributed by atoms with Crippen molar-refractivity contribution in [2.75, 3.05) is 31.7 Å². The van der Waals surface area contributed by atoms with E-state index in [2.05, 4.69) is 10.4 Å². The summed E-state index contributed by atoms with van der Waals surface area (Å²) < 4.78 is 23.4. The fourth-order valence-corrected chi connectivity index (χ4v) is 5.00. The Morgan fingerprint density at radius 1 is 0.950 bits per heavy atom. The number of nitrogens with zero attached hydrogens (tertiary/aromatic N) is 2. The van der Waals surface area contributed by atoms with E-state index in [1.165, 1.54) is 0 Å². The first-order valence-corrected chi connectivity index (χ1v) is 13.9. The molecule has 0 radical (unpaired) electrons. The van der Waals surface area contributed by atoms with E-state index in [9.17, 15) is 14.4 Å². The minimum Gasteiger partial charge on any atom is -0.490 e. The largest absolute Gasteiger partial charge is 0.490 e. The van der Waals surface area contributed by atoms with Gasteiger partial charge in [-0.05, 0) is 64.1 Å². The van der Waals surface area contributed by atoms with E-state index in [0.717, 1.165) is 16.0 Å². The minimum absolute atomic E-state index is 0.0542. The number of ether oxygens (including phenoxy) is 4. The number of nitrogens with one attached hydrogen (secondary N) is 1. The molecule has 2 heterocycles. The average molecular weight is 586 g/mol. The van der Waals surface area contributed by atoms with Crippen LogP contribution in [0.2, 0.25) is 5.02 Å². The van der Waals surface area contributed by atoms with Crippen molar-refractivity contribution < 1.29 is 28.5 Å². The summed E-state index contributed by atoms with van der Waals surface area (Å²) in [5.74, 6) is -0.0909. The number of rotatable bonds is 11. The summed E-state index contributed by atoms with van der Waals surface area (Å²) in [5, 5.41) is 9.80. The van der Waals surface area contributed by atoms with E-state index in [4.69, 9.17) is 30.5 Å². The van der Waals surface area contributed by atoms with E-state index in [0.29, 0.717) is 47.8 Å². The van der Waals surface area contributed by atoms with Gasteiger partial charge in [0.2, 0.25) is 5.75 Å². The lowest BCUT2D eigenvalue weighted by Crippen LogP contribution is -2.25. The quantitative estimate of drug-likeness (QED) is 0.222. The lowest BCUT2D eigenvalue weighted by molar-refractivity contribution is 0.0520. The molecule has 2 aromatic heterocycles. The van der Waals surface area contributed by atoms with Gasteiger partial charge < -0.3 is 24.3 Å². The van der Waals surface area contributed by atoms with Crippen LogP contribution in [0.4, 0.5) is 5.00 Å². The van der Waals surface area contributed by atoms with Crippen LogP contribution in [-0.4, -0.2) is 48.1 Å². The molecule has 0 atom stereocenters. The minimum atomic E-state index is -0.694. The number of hydrogen-bond donors (Lipinski definition) is 1. The van der Waals surface area contributed by atoms with Crippen LogP contribution < -0.4 is 25.1 Å². The van der Waals surface area contributed by atoms with Gasteiger partial charge in [0.25, 0.3) is 11.5 Å². The van der Waals surface area contributed by atoms with Crippen molar-refractivity contribution in [1.29, 1.82) is 0 Å². The summed E-state index contributed by atoms with van der Waals surface area (Å²) in [4.78, 5) is 39.9. The molecule has 0 spiro atoms. The molecule has 1 amide bonds. The van der Waals surface area contributed by atoms with Crippen LogP contribution in [0.3, 0.4) is 0 Å². The number of carbonyl (C=O) groups excluding carboxylic acids is 2. The monoisotopic (exact) mass is 585 g/mol. The number of esters is 1. The Labute approximate surface area is 239 Å². The van der Waals surface area contributed by atoms with Crippen LogP contribution >= 0.6 is 22.9 Å². The second-order valence-electron chi connectivity index (χ2n) is 8.17. The Morgan fingerprint density at radius 3 is 2.15 bits per heavy atom. The van der Waals surface area contributed by atoms with Crippen LogP contribution in [0.15, 0.2) is 46.6 Å². The Hall–Kier alpha value is -4.09. The molecule has 12 heteroatoms. The molecule has 1 N–H and O–H groups in total. The van der Waals surface area contributed by atoms with Crippen LogP contribution in [0.25, 0.3) is 16.5 Å². The van der Waals surface area contributed by atoms with Gasteiger partial charge in [-0.1, -0.05) is 11.6 Å². The molecule has 0 fully saturated rings. The SMILES string of the molecule is CCOC(=O)c1nn(-c2ccc(Cl)cc2)c(=O)c2c(NC(=O)c3cc(OCC)c(OCC)c(OCC)c3)scc12. The summed E-state index contributed by atoms with van der Waals surface area (Å²) in [5.41, 5.74) is 0.0364. The molecule has 210 valence electrons. The Balaban J connectivity index is 1.83. The Morgan fingerprint density at radius 2 is 1.57 bits per heavy atom. The molecule has 0 unspecified atom stereocenters. The highest BCUT2D eigenvalue weighted by atomic mass is 35.5. The molecule has 0 aliphatic rings. The van der Waals surface area contributed by atoms with Gasteiger partial charge in [-0.2, -0.15) is 9.78 Å². The second-order valence-corrected chi connectivity index (χ2v) is 9.49. The molecule has 2 aromatic carbocycles. The fourth-order valence-electron chi connectivity index (χ4n) is 3.94. The van der Waals surface area contributed by atoms with E-state index in [1.54, 1.807) is 48.7 Å². The zero-order chi connectivity index (χ0) is 28.8. The van der Waals surface area contributed by atoms with Crippen molar-refractivity contribution in [2.45, 2.75) is 27.7 Å². The number of thiophene rings is 1. The zero-order valence-corrected chi connectivity index (χ0v) is 24.0. The predicted octanol–water partition coefficient (Wildman–Crippen LogP) is 5.73. The maximum absolute atomic E-state index is 13.7. The zero-order valence-electron chi connectivity index (χ0n) is 22.4. The smallest absolute Gasteiger partial charge is 0.359 e. The Bertz CT molecular complexity index is 1570. The summed E-state index contributed by atoms with van der Waals surface area (Å²) in [6.45, 7) is 8.35. The van der Waals surface area contributed by atoms with Crippen LogP contribution in [0.1, 0.15) is 48.5 Å². The number of anilines is 1. The lowest BCUT2D eigenvalue weighted by atomic mass is 10.1. The van der Waals surface area contributed by atoms with Crippen LogP contribution in [0.5, 0.6) is 17.2 Å². The number of hydrogen-bond acceptors (Lipinski definition) is 9. The van der Waals surface area contributed by atoms with Crippen LogP contribution in [0, 0.1) is 0 Å². The third-order valence-corrected chi connectivity index (χ3v) is 6.74. The third kappa shape index (κ3) is 5.90. The Kier molecular flexibility index (Phi) is 9.28. The number of carbonyl (C=O) groups is 2. The van der Waals surface area contributed by atoms with E-state index in [1.807, 2.05) is 20.8 Å². The number of amides is 1. The number of fused-ring (bicyclic) bond motifs is 1. The number of aromatic nitrogens is 2. The molecule has 0 aliphatic carbocycles. The van der Waals surface area contributed by atoms with Gasteiger partial charge >= 0.3 is 5.97 Å². The molecular weight excluding hydrogens is 558 g/mol. The maximum Gasteiger partial charge on any atom is 0.359 e. The van der Waals surface area contributed by atoms with Crippen molar-refractivity contribution >= 4 is 50.6 Å². The first kappa shape index (κ1) is 28.9. The molecule has 0 aliphatic heterocycles. The van der Waals surface area contributed by atoms with Gasteiger partial charge in [-0.25, -0.2) is 4.79 Å². The maximum atomic E-state index is 13.7. The topological polar surface area (TPSA) is 118 Å². The third-order valence-electron chi connectivity index (χ3n) is 5.59. The number of benzene rings is 2. The molecule has 4 rings (SSSR count). The van der Waals surface area contributed by atoms with Crippen molar-refractivity contribution in [3.05, 3.63) is 68.4 Å². The van der Waals surface area contributed by atoms with Gasteiger partial charge in [0, 0.05) is 21.4 Å². The molecule has 0 saturated carbocycles. The number of halogens is 1. The van der Waals surface area contributed by atoms with Crippen LogP contribution in [-0.2, 0) is 4.74 Å². The summed E-state index contributed by atoms with van der Waals surface area (Å²) in [7, 11) is 0. The first-order valence-electron chi connectivity index (χ1n) is 12.7. The van der Waals surface area contributed by atoms with Crippen molar-refractivity contribution in [2.24, 2.45) is 0 Å². The molecule has 0 bridgehead atoms. The lowest BCUT2D eigenvalue weighted by Gasteiger charge is -2.17. The highest BCUT2D eigenvalue weighted by Crippen LogP contribution is 2.40. The van der Waals surface area contributed by atoms with Crippen molar-refractivity contribution in [1.82, 2.24) is 9.78 Å². The van der Waals surface area contributed by atoms with Crippen molar-refractivity contribution in [3.63, 3.8) is 0 Å². The fraction of sp³-hybridized carbons (Fsp3) is 0.286. The first-order chi connectivity index (χ1) is 19.3. The molecule has 4 aromatic rings. The summed E-state index contributed by atoms with van der Waals surface area (Å²) >= 11 is 7.11. The van der Waals surface area contributed by atoms with Gasteiger partial charge in [0.1, 0.15) is 5.00 Å². The van der Waals surface area contributed by atoms with Crippen molar-refractivity contribution in [3.8, 4) is 22.9 Å². The van der Waals surface area contributed by atoms with Gasteiger partial charge in [-0.15, -0.1) is 11.3 Å². The highest BCUT2D eigenvalue weighted by Gasteiger charge is 2.24. The van der Waals surface area contributed by atoms with Gasteiger partial charge in [0.15, 0.2) is 17.2 Å². The molecule has 10 nitrogen and oxygen atoms in total. The second kappa shape index (κ2) is 12.8.